The van der Waals surface area contributed by atoms with Crippen molar-refractivity contribution in [1.82, 2.24) is 10.5 Å². The lowest BCUT2D eigenvalue weighted by molar-refractivity contribution is -0.147. The first kappa shape index (κ1) is 8.92. The first-order valence-corrected chi connectivity index (χ1v) is 3.36. The van der Waals surface area contributed by atoms with Gasteiger partial charge in [0, 0.05) is 7.05 Å². The molecular formula is C6H10FN3O2. The van der Waals surface area contributed by atoms with Crippen LogP contribution in [0.15, 0.2) is 5.10 Å². The summed E-state index contributed by atoms with van der Waals surface area (Å²) in [5.41, 5.74) is 1.10. The fourth-order valence-corrected chi connectivity index (χ4v) is 0.931. The third-order valence-corrected chi connectivity index (χ3v) is 1.57. The second-order valence-electron chi connectivity index (χ2n) is 2.48. The monoisotopic (exact) mass is 175 g/mol. The number of carbonyl (C=O) groups excluding carboxylic acids is 1. The molecule has 68 valence electrons. The fraction of sp³-hybridized carbons (Fsp3) is 0.667. The van der Waals surface area contributed by atoms with Crippen LogP contribution >= 0.6 is 0 Å². The second-order valence-corrected chi connectivity index (χ2v) is 2.48. The Balaban J connectivity index is 2.79. The fourth-order valence-electron chi connectivity index (χ4n) is 0.931. The molecule has 0 radical (unpaired) electrons. The Hall–Kier alpha value is -1.17. The van der Waals surface area contributed by atoms with Gasteiger partial charge in [0.25, 0.3) is 0 Å². The summed E-state index contributed by atoms with van der Waals surface area (Å²) in [6, 6.07) is 0. The van der Waals surface area contributed by atoms with Crippen molar-refractivity contribution in [2.45, 2.75) is 5.54 Å². The molecule has 0 saturated carbocycles. The summed E-state index contributed by atoms with van der Waals surface area (Å²) in [6.45, 7) is -0.881. The molecule has 1 aliphatic rings. The number of alkyl halides is 1. The van der Waals surface area contributed by atoms with Crippen LogP contribution in [0.3, 0.4) is 0 Å². The molecule has 1 aliphatic heterocycles. The van der Waals surface area contributed by atoms with E-state index in [0.717, 1.165) is 0 Å². The number of nitrogens with one attached hydrogen (secondary N) is 1. The van der Waals surface area contributed by atoms with E-state index < -0.39 is 18.2 Å². The van der Waals surface area contributed by atoms with Crippen LogP contribution in [-0.2, 0) is 9.53 Å². The van der Waals surface area contributed by atoms with Gasteiger partial charge in [-0.05, 0) is 0 Å². The lowest BCUT2D eigenvalue weighted by Gasteiger charge is -2.21. The van der Waals surface area contributed by atoms with Gasteiger partial charge in [-0.15, -0.1) is 0 Å². The topological polar surface area (TPSA) is 53.9 Å². The van der Waals surface area contributed by atoms with Crippen LogP contribution in [0.25, 0.3) is 0 Å². The number of hydrazine groups is 1. The lowest BCUT2D eigenvalue weighted by atomic mass is 10.1. The van der Waals surface area contributed by atoms with Gasteiger partial charge in [0.2, 0.25) is 5.54 Å². The van der Waals surface area contributed by atoms with Crippen molar-refractivity contribution in [2.24, 2.45) is 5.10 Å². The molecule has 12 heavy (non-hydrogen) atoms. The minimum atomic E-state index is -1.43. The van der Waals surface area contributed by atoms with Gasteiger partial charge in [-0.3, -0.25) is 0 Å². The summed E-state index contributed by atoms with van der Waals surface area (Å²) in [4.78, 5) is 11.1. The van der Waals surface area contributed by atoms with E-state index in [4.69, 9.17) is 0 Å². The van der Waals surface area contributed by atoms with E-state index in [-0.39, 0.29) is 0 Å². The minimum absolute atomic E-state index is 0.682. The van der Waals surface area contributed by atoms with E-state index in [1.807, 2.05) is 0 Å². The number of nitrogens with zero attached hydrogens (tertiary/aromatic N) is 2. The van der Waals surface area contributed by atoms with Gasteiger partial charge in [0.15, 0.2) is 0 Å². The first-order chi connectivity index (χ1) is 5.64. The van der Waals surface area contributed by atoms with Gasteiger partial charge in [-0.25, -0.2) is 14.3 Å². The molecule has 0 fully saturated rings. The van der Waals surface area contributed by atoms with Gasteiger partial charge < -0.3 is 4.74 Å². The number of halogens is 1. The number of carbonyl (C=O) groups is 1. The van der Waals surface area contributed by atoms with Crippen LogP contribution in [0.2, 0.25) is 0 Å². The highest BCUT2D eigenvalue weighted by molar-refractivity contribution is 6.01. The zero-order chi connectivity index (χ0) is 9.19. The zero-order valence-corrected chi connectivity index (χ0v) is 6.87. The number of hydrogen-bond acceptors (Lipinski definition) is 5. The maximum Gasteiger partial charge on any atom is 0.336 e. The van der Waals surface area contributed by atoms with Gasteiger partial charge in [0.1, 0.15) is 6.67 Å². The Morgan fingerprint density at radius 2 is 2.58 bits per heavy atom. The summed E-state index contributed by atoms with van der Waals surface area (Å²) in [5, 5.41) is 4.95. The Bertz CT molecular complexity index is 221. The van der Waals surface area contributed by atoms with Crippen LogP contribution in [0.1, 0.15) is 0 Å². The van der Waals surface area contributed by atoms with E-state index >= 15 is 0 Å². The van der Waals surface area contributed by atoms with Crippen LogP contribution < -0.4 is 5.43 Å². The molecule has 0 saturated heterocycles. The predicted octanol–water partition coefficient (Wildman–Crippen LogP) is -0.697. The average Bonchev–Trinajstić information content (AvgIpc) is 2.47. The van der Waals surface area contributed by atoms with Crippen LogP contribution in [0.4, 0.5) is 4.39 Å². The molecule has 5 nitrogen and oxygen atoms in total. The van der Waals surface area contributed by atoms with Crippen molar-refractivity contribution >= 4 is 12.2 Å². The summed E-state index contributed by atoms with van der Waals surface area (Å²) < 4.78 is 16.9. The number of ether oxygens (including phenoxy) is 1. The highest BCUT2D eigenvalue weighted by Gasteiger charge is 2.42. The summed E-state index contributed by atoms with van der Waals surface area (Å²) in [6.07, 6.45) is 1.19. The Labute approximate surface area is 69.1 Å². The third kappa shape index (κ3) is 1.25. The van der Waals surface area contributed by atoms with E-state index in [0.29, 0.717) is 0 Å². The van der Waals surface area contributed by atoms with Crippen molar-refractivity contribution in [1.29, 1.82) is 0 Å². The van der Waals surface area contributed by atoms with E-state index in [9.17, 15) is 9.18 Å². The minimum Gasteiger partial charge on any atom is -0.467 e. The van der Waals surface area contributed by atoms with Crippen LogP contribution in [-0.4, -0.2) is 43.7 Å². The average molecular weight is 175 g/mol. The van der Waals surface area contributed by atoms with Crippen LogP contribution in [0.5, 0.6) is 0 Å². The predicted molar refractivity (Wildman–Crippen MR) is 40.1 cm³/mol. The molecule has 0 spiro atoms. The number of esters is 1. The molecule has 0 aromatic heterocycles. The lowest BCUT2D eigenvalue weighted by Crippen LogP contribution is -2.55. The zero-order valence-electron chi connectivity index (χ0n) is 6.87. The highest BCUT2D eigenvalue weighted by Crippen LogP contribution is 2.11. The van der Waals surface area contributed by atoms with Gasteiger partial charge >= 0.3 is 5.97 Å². The molecule has 1 atom stereocenters. The maximum atomic E-state index is 12.5. The number of hydrogen-bond donors (Lipinski definition) is 1. The first-order valence-electron chi connectivity index (χ1n) is 3.36. The standard InChI is InChI=1S/C6H10FN3O2/c1-10-8-4-6(3-7,9-10)5(11)12-2/h4,9H,3H2,1-2H3. The largest absolute Gasteiger partial charge is 0.467 e. The maximum absolute atomic E-state index is 12.5. The molecule has 1 heterocycles. The molecule has 6 heteroatoms. The van der Waals surface area contributed by atoms with E-state index in [1.165, 1.54) is 18.4 Å². The Kier molecular flexibility index (Phi) is 2.27. The van der Waals surface area contributed by atoms with Crippen molar-refractivity contribution in [3.63, 3.8) is 0 Å². The van der Waals surface area contributed by atoms with Crippen molar-refractivity contribution < 1.29 is 13.9 Å². The van der Waals surface area contributed by atoms with Crippen molar-refractivity contribution in [2.75, 3.05) is 20.8 Å². The highest BCUT2D eigenvalue weighted by atomic mass is 19.1. The summed E-state index contributed by atoms with van der Waals surface area (Å²) in [7, 11) is 2.77. The molecule has 0 amide bonds. The molecule has 1 unspecified atom stereocenters. The van der Waals surface area contributed by atoms with Gasteiger partial charge in [-0.1, -0.05) is 0 Å². The number of rotatable bonds is 2. The Morgan fingerprint density at radius 3 is 2.92 bits per heavy atom. The molecule has 0 aliphatic carbocycles. The third-order valence-electron chi connectivity index (χ3n) is 1.57. The quantitative estimate of drug-likeness (QED) is 0.564. The summed E-state index contributed by atoms with van der Waals surface area (Å²) in [5.74, 6) is -0.682. The second kappa shape index (κ2) is 3.06. The summed E-state index contributed by atoms with van der Waals surface area (Å²) >= 11 is 0. The van der Waals surface area contributed by atoms with Gasteiger partial charge in [-0.2, -0.15) is 10.5 Å². The molecular weight excluding hydrogens is 165 g/mol. The smallest absolute Gasteiger partial charge is 0.336 e. The molecule has 0 aromatic rings. The van der Waals surface area contributed by atoms with Crippen molar-refractivity contribution in [3.8, 4) is 0 Å². The van der Waals surface area contributed by atoms with Crippen LogP contribution in [0, 0.1) is 0 Å². The number of methoxy groups -OCH3 is 1. The molecule has 1 N–H and O–H groups in total. The van der Waals surface area contributed by atoms with Gasteiger partial charge in [0.05, 0.1) is 13.3 Å². The normalized spacial score (nSPS) is 27.8. The van der Waals surface area contributed by atoms with E-state index in [1.54, 1.807) is 7.05 Å². The Morgan fingerprint density at radius 1 is 1.92 bits per heavy atom. The SMILES string of the molecule is COC(=O)C1(CF)C=NN(C)N1. The number of hydrazone groups is 1. The molecule has 0 aromatic carbocycles. The molecule has 0 bridgehead atoms. The van der Waals surface area contributed by atoms with E-state index in [2.05, 4.69) is 15.3 Å². The molecule has 1 rings (SSSR count). The van der Waals surface area contributed by atoms with Crippen molar-refractivity contribution in [3.05, 3.63) is 0 Å².